The van der Waals surface area contributed by atoms with Crippen LogP contribution in [0.4, 0.5) is 0 Å². The molecule has 4 aliphatic rings. The van der Waals surface area contributed by atoms with Crippen molar-refractivity contribution in [1.82, 2.24) is 0 Å². The summed E-state index contributed by atoms with van der Waals surface area (Å²) in [7, 11) is 0. The Kier molecular flexibility index (Phi) is 6.27. The standard InChI is InChI=1S/C40H20N4O4S2/c1-39(2)21(9-27-33(45)23-5-17(13-41)18(14-42)6-24(23)34(27)46)10-30-31(39)32-38(50-30)37-29(40(32,3)4)12-22(49-37)11-28-35(47)25-7-19(15-43)20(16-44)8-26(25)36(28)48/h5-12H,1-4H3. The fourth-order valence-corrected chi connectivity index (χ4v) is 10.5. The maximum Gasteiger partial charge on any atom is 0.197 e. The number of hydrogen-bond acceptors (Lipinski definition) is 10. The summed E-state index contributed by atoms with van der Waals surface area (Å²) < 4.78 is 0. The Morgan fingerprint density at radius 1 is 0.560 bits per heavy atom. The average molecular weight is 685 g/mol. The fourth-order valence-electron chi connectivity index (χ4n) is 7.53. The summed E-state index contributed by atoms with van der Waals surface area (Å²) in [6, 6.07) is 15.0. The zero-order chi connectivity index (χ0) is 35.6. The molecule has 0 spiro atoms. The summed E-state index contributed by atoms with van der Waals surface area (Å²) in [5, 5.41) is 37.7. The lowest BCUT2D eigenvalue weighted by atomic mass is 9.73. The van der Waals surface area contributed by atoms with Crippen LogP contribution in [0.2, 0.25) is 0 Å². The zero-order valence-corrected chi connectivity index (χ0v) is 28.5. The maximum absolute atomic E-state index is 13.4. The van der Waals surface area contributed by atoms with Gasteiger partial charge in [0.2, 0.25) is 0 Å². The topological polar surface area (TPSA) is 163 Å². The molecule has 50 heavy (non-hydrogen) atoms. The first-order valence-corrected chi connectivity index (χ1v) is 17.0. The molecule has 4 aromatic rings. The van der Waals surface area contributed by atoms with Crippen molar-refractivity contribution in [3.05, 3.63) is 124 Å². The van der Waals surface area contributed by atoms with Gasteiger partial charge < -0.3 is 0 Å². The molecule has 2 aromatic heterocycles. The number of fused-ring (bicyclic) bond motifs is 7. The Morgan fingerprint density at radius 3 is 1.44 bits per heavy atom. The smallest absolute Gasteiger partial charge is 0.197 e. The van der Waals surface area contributed by atoms with E-state index in [0.29, 0.717) is 0 Å². The molecule has 0 aliphatic heterocycles. The van der Waals surface area contributed by atoms with E-state index in [1.807, 2.05) is 36.4 Å². The molecule has 8 rings (SSSR count). The monoisotopic (exact) mass is 684 g/mol. The molecule has 0 fully saturated rings. The number of carbonyl (C=O) groups is 4. The van der Waals surface area contributed by atoms with E-state index >= 15 is 0 Å². The van der Waals surface area contributed by atoms with Crippen molar-refractivity contribution >= 4 is 58.0 Å². The lowest BCUT2D eigenvalue weighted by Gasteiger charge is -2.29. The molecule has 2 aromatic carbocycles. The van der Waals surface area contributed by atoms with Crippen molar-refractivity contribution in [3.63, 3.8) is 0 Å². The highest BCUT2D eigenvalue weighted by Crippen LogP contribution is 2.62. The maximum atomic E-state index is 13.4. The Bertz CT molecular complexity index is 2610. The fraction of sp³-hybridized carbons (Fsp3) is 0.150. The van der Waals surface area contributed by atoms with Crippen LogP contribution in [0.1, 0.15) is 118 Å². The summed E-state index contributed by atoms with van der Waals surface area (Å²) >= 11 is 3.11. The molecule has 0 unspecified atom stereocenters. The van der Waals surface area contributed by atoms with E-state index in [4.69, 9.17) is 0 Å². The van der Waals surface area contributed by atoms with Crippen molar-refractivity contribution in [2.45, 2.75) is 38.5 Å². The zero-order valence-electron chi connectivity index (χ0n) is 26.9. The summed E-state index contributed by atoms with van der Waals surface area (Å²) in [5.41, 5.74) is 3.86. The van der Waals surface area contributed by atoms with Gasteiger partial charge in [0, 0.05) is 52.6 Å². The van der Waals surface area contributed by atoms with Crippen LogP contribution in [-0.2, 0) is 10.8 Å². The second-order valence-electron chi connectivity index (χ2n) is 13.6. The van der Waals surface area contributed by atoms with Crippen LogP contribution in [0, 0.1) is 45.3 Å². The number of carbonyl (C=O) groups excluding carboxylic acids is 4. The molecule has 0 N–H and O–H groups in total. The third-order valence-corrected chi connectivity index (χ3v) is 12.5. The molecule has 10 heteroatoms. The van der Waals surface area contributed by atoms with E-state index < -0.39 is 34.0 Å². The third kappa shape index (κ3) is 3.86. The number of rotatable bonds is 2. The van der Waals surface area contributed by atoms with Crippen LogP contribution >= 0.6 is 22.7 Å². The minimum absolute atomic E-state index is 0.00166. The molecule has 0 saturated carbocycles. The highest BCUT2D eigenvalue weighted by atomic mass is 32.1. The first-order chi connectivity index (χ1) is 23.8. The number of ketones is 4. The van der Waals surface area contributed by atoms with Crippen molar-refractivity contribution in [1.29, 1.82) is 21.0 Å². The SMILES string of the molecule is CC1(C)C(C=C2C(=O)c3cc(C#N)c(C#N)cc3C2=O)=Cc2sc3c(c21)C(C)(C)c1cc(C=C2C(=O)c4cc(C#N)c(C#N)cc4C2=O)sc1-3. The Balaban J connectivity index is 1.17. The molecule has 4 aliphatic carbocycles. The van der Waals surface area contributed by atoms with Crippen LogP contribution in [-0.4, -0.2) is 23.1 Å². The van der Waals surface area contributed by atoms with E-state index in [9.17, 15) is 40.2 Å². The van der Waals surface area contributed by atoms with E-state index in [-0.39, 0.29) is 55.7 Å². The van der Waals surface area contributed by atoms with E-state index in [0.717, 1.165) is 41.8 Å². The van der Waals surface area contributed by atoms with Gasteiger partial charge in [-0.3, -0.25) is 19.2 Å². The second-order valence-corrected chi connectivity index (χ2v) is 15.7. The summed E-state index contributed by atoms with van der Waals surface area (Å²) in [5.74, 6) is -1.88. The quantitative estimate of drug-likeness (QED) is 0.153. The Hall–Kier alpha value is -6.30. The number of benzene rings is 2. The van der Waals surface area contributed by atoms with Gasteiger partial charge >= 0.3 is 0 Å². The summed E-state index contributed by atoms with van der Waals surface area (Å²) in [6.07, 6.45) is 5.26. The summed E-state index contributed by atoms with van der Waals surface area (Å²) in [6.45, 7) is 8.40. The van der Waals surface area contributed by atoms with Crippen LogP contribution in [0.25, 0.3) is 21.9 Å². The van der Waals surface area contributed by atoms with Crippen molar-refractivity contribution in [2.24, 2.45) is 0 Å². The molecule has 8 nitrogen and oxygen atoms in total. The Labute approximate surface area is 293 Å². The lowest BCUT2D eigenvalue weighted by molar-refractivity contribution is 0.0974. The molecule has 0 atom stereocenters. The van der Waals surface area contributed by atoms with Gasteiger partial charge in [0.15, 0.2) is 23.1 Å². The van der Waals surface area contributed by atoms with Gasteiger partial charge in [0.05, 0.1) is 33.4 Å². The predicted molar refractivity (Wildman–Crippen MR) is 186 cm³/mol. The number of thiophene rings is 2. The van der Waals surface area contributed by atoms with Gasteiger partial charge in [-0.2, -0.15) is 21.0 Å². The number of Topliss-reactive ketones (excluding diaryl/α,β-unsaturated/α-hetero) is 4. The van der Waals surface area contributed by atoms with Crippen LogP contribution in [0.3, 0.4) is 0 Å². The molecular weight excluding hydrogens is 665 g/mol. The van der Waals surface area contributed by atoms with Crippen molar-refractivity contribution in [2.75, 3.05) is 0 Å². The van der Waals surface area contributed by atoms with Crippen molar-refractivity contribution < 1.29 is 19.2 Å². The van der Waals surface area contributed by atoms with Gasteiger partial charge in [-0.05, 0) is 70.8 Å². The molecule has 0 amide bonds. The van der Waals surface area contributed by atoms with Gasteiger partial charge in [0.25, 0.3) is 0 Å². The summed E-state index contributed by atoms with van der Waals surface area (Å²) in [4.78, 5) is 57.4. The van der Waals surface area contributed by atoms with Gasteiger partial charge in [-0.15, -0.1) is 22.7 Å². The van der Waals surface area contributed by atoms with Crippen LogP contribution in [0.5, 0.6) is 0 Å². The third-order valence-electron chi connectivity index (χ3n) is 10.2. The van der Waals surface area contributed by atoms with Crippen LogP contribution in [0.15, 0.2) is 53.1 Å². The molecule has 0 saturated heterocycles. The van der Waals surface area contributed by atoms with Crippen LogP contribution < -0.4 is 0 Å². The van der Waals surface area contributed by atoms with E-state index in [1.165, 1.54) is 35.6 Å². The minimum Gasteiger partial charge on any atom is -0.288 e. The number of nitrogens with zero attached hydrogens (tertiary/aromatic N) is 4. The molecule has 0 bridgehead atoms. The van der Waals surface area contributed by atoms with Gasteiger partial charge in [0.1, 0.15) is 24.3 Å². The first-order valence-electron chi connectivity index (χ1n) is 15.4. The highest BCUT2D eigenvalue weighted by molar-refractivity contribution is 7.23. The second kappa shape index (κ2) is 10.1. The average Bonchev–Trinajstić information content (AvgIpc) is 3.89. The van der Waals surface area contributed by atoms with Crippen molar-refractivity contribution in [3.8, 4) is 34.0 Å². The Morgan fingerprint density at radius 2 is 1.00 bits per heavy atom. The molecule has 0 radical (unpaired) electrons. The molecular formula is C40H20N4O4S2. The predicted octanol–water partition coefficient (Wildman–Crippen LogP) is 7.75. The molecule has 2 heterocycles. The normalized spacial score (nSPS) is 16.8. The lowest BCUT2D eigenvalue weighted by Crippen LogP contribution is -2.24. The number of allylic oxidation sites excluding steroid dienone is 4. The first kappa shape index (κ1) is 31.0. The van der Waals surface area contributed by atoms with E-state index in [2.05, 4.69) is 27.7 Å². The number of hydrogen-bond donors (Lipinski definition) is 0. The van der Waals surface area contributed by atoms with E-state index in [1.54, 1.807) is 23.5 Å². The highest BCUT2D eigenvalue weighted by Gasteiger charge is 2.48. The van der Waals surface area contributed by atoms with Gasteiger partial charge in [-0.25, -0.2) is 0 Å². The number of nitriles is 4. The van der Waals surface area contributed by atoms with Gasteiger partial charge in [-0.1, -0.05) is 27.7 Å². The largest absolute Gasteiger partial charge is 0.288 e. The molecule has 236 valence electrons. The minimum atomic E-state index is -0.563.